The van der Waals surface area contributed by atoms with E-state index in [0.717, 1.165) is 5.56 Å². The number of hydrogen-bond donors (Lipinski definition) is 1. The molecule has 0 aliphatic carbocycles. The summed E-state index contributed by atoms with van der Waals surface area (Å²) in [6, 6.07) is 10.6. The fourth-order valence-corrected chi connectivity index (χ4v) is 2.04. The highest BCUT2D eigenvalue weighted by atomic mass is 79.9. The molecule has 2 aromatic rings. The van der Waals surface area contributed by atoms with E-state index in [9.17, 15) is 9.59 Å². The zero-order chi connectivity index (χ0) is 16.8. The molecule has 0 saturated carbocycles. The molecule has 5 nitrogen and oxygen atoms in total. The van der Waals surface area contributed by atoms with Crippen LogP contribution in [0.25, 0.3) is 6.08 Å². The summed E-state index contributed by atoms with van der Waals surface area (Å²) in [6.45, 7) is 0. The highest BCUT2D eigenvalue weighted by Crippen LogP contribution is 2.11. The Hall–Kier alpha value is -2.47. The van der Waals surface area contributed by atoms with E-state index in [4.69, 9.17) is 0 Å². The number of carbonyl (C=O) groups excluding carboxylic acids is 2. The van der Waals surface area contributed by atoms with Crippen LogP contribution >= 0.6 is 15.9 Å². The molecular formula is C17H16BrN3O2. The second-order valence-corrected chi connectivity index (χ2v) is 5.83. The number of anilines is 1. The van der Waals surface area contributed by atoms with Gasteiger partial charge in [-0.05, 0) is 51.8 Å². The average molecular weight is 374 g/mol. The quantitative estimate of drug-likeness (QED) is 0.661. The smallest absolute Gasteiger partial charge is 0.253 e. The summed E-state index contributed by atoms with van der Waals surface area (Å²) >= 11 is 3.23. The number of aromatic nitrogens is 1. The van der Waals surface area contributed by atoms with E-state index >= 15 is 0 Å². The fourth-order valence-electron chi connectivity index (χ4n) is 1.80. The Morgan fingerprint density at radius 3 is 2.39 bits per heavy atom. The van der Waals surface area contributed by atoms with Gasteiger partial charge in [0.2, 0.25) is 5.91 Å². The third-order valence-electron chi connectivity index (χ3n) is 2.99. The number of hydrogen-bond acceptors (Lipinski definition) is 3. The number of halogens is 1. The van der Waals surface area contributed by atoms with Crippen molar-refractivity contribution >= 4 is 39.5 Å². The maximum Gasteiger partial charge on any atom is 0.253 e. The Labute approximate surface area is 143 Å². The minimum atomic E-state index is -0.248. The van der Waals surface area contributed by atoms with Gasteiger partial charge < -0.3 is 10.2 Å². The van der Waals surface area contributed by atoms with Crippen LogP contribution in [0.3, 0.4) is 0 Å². The molecular weight excluding hydrogens is 358 g/mol. The van der Waals surface area contributed by atoms with Crippen molar-refractivity contribution in [3.63, 3.8) is 0 Å². The molecule has 1 aromatic carbocycles. The highest BCUT2D eigenvalue weighted by Gasteiger charge is 2.06. The monoisotopic (exact) mass is 373 g/mol. The van der Waals surface area contributed by atoms with E-state index in [1.165, 1.54) is 11.0 Å². The predicted octanol–water partition coefficient (Wildman–Crippen LogP) is 3.20. The molecule has 2 rings (SSSR count). The van der Waals surface area contributed by atoms with E-state index in [0.29, 0.717) is 15.9 Å². The topological polar surface area (TPSA) is 62.3 Å². The summed E-state index contributed by atoms with van der Waals surface area (Å²) in [5.74, 6) is -0.302. The zero-order valence-corrected chi connectivity index (χ0v) is 14.4. The van der Waals surface area contributed by atoms with Gasteiger partial charge in [0.25, 0.3) is 5.91 Å². The Balaban J connectivity index is 1.98. The maximum absolute atomic E-state index is 11.8. The molecule has 0 fully saturated rings. The second kappa shape index (κ2) is 7.69. The number of rotatable bonds is 4. The van der Waals surface area contributed by atoms with Crippen molar-refractivity contribution in [2.45, 2.75) is 0 Å². The van der Waals surface area contributed by atoms with Crippen molar-refractivity contribution < 1.29 is 9.59 Å². The molecule has 1 heterocycles. The summed E-state index contributed by atoms with van der Waals surface area (Å²) in [7, 11) is 3.41. The summed E-state index contributed by atoms with van der Waals surface area (Å²) < 4.78 is 0.707. The zero-order valence-electron chi connectivity index (χ0n) is 12.8. The molecule has 0 radical (unpaired) electrons. The van der Waals surface area contributed by atoms with Gasteiger partial charge >= 0.3 is 0 Å². The van der Waals surface area contributed by atoms with Crippen LogP contribution in [0.15, 0.2) is 53.3 Å². The fraction of sp³-hybridized carbons (Fsp3) is 0.118. The SMILES string of the molecule is CN(C)C(=O)c1ccc(/C=C/C(=O)Nc2ccc(Br)nc2)cc1. The van der Waals surface area contributed by atoms with Crippen molar-refractivity contribution in [2.24, 2.45) is 0 Å². The molecule has 0 atom stereocenters. The molecule has 0 spiro atoms. The van der Waals surface area contributed by atoms with E-state index in [1.807, 2.05) is 0 Å². The summed E-state index contributed by atoms with van der Waals surface area (Å²) in [5, 5.41) is 2.71. The molecule has 0 saturated heterocycles. The molecule has 118 valence electrons. The Morgan fingerprint density at radius 1 is 1.13 bits per heavy atom. The lowest BCUT2D eigenvalue weighted by Gasteiger charge is -2.09. The van der Waals surface area contributed by atoms with Crippen LogP contribution < -0.4 is 5.32 Å². The van der Waals surface area contributed by atoms with Crippen molar-refractivity contribution in [1.82, 2.24) is 9.88 Å². The van der Waals surface area contributed by atoms with Crippen LogP contribution in [0, 0.1) is 0 Å². The number of nitrogens with zero attached hydrogens (tertiary/aromatic N) is 2. The van der Waals surface area contributed by atoms with Gasteiger partial charge in [-0.25, -0.2) is 4.98 Å². The standard InChI is InChI=1S/C17H16BrN3O2/c1-21(2)17(23)13-6-3-12(4-7-13)5-10-16(22)20-14-8-9-15(18)19-11-14/h3-11H,1-2H3,(H,20,22)/b10-5+. The molecule has 23 heavy (non-hydrogen) atoms. The van der Waals surface area contributed by atoms with Gasteiger partial charge in [-0.2, -0.15) is 0 Å². The van der Waals surface area contributed by atoms with E-state index in [2.05, 4.69) is 26.2 Å². The lowest BCUT2D eigenvalue weighted by molar-refractivity contribution is -0.111. The first-order chi connectivity index (χ1) is 11.0. The number of amides is 2. The van der Waals surface area contributed by atoms with Gasteiger partial charge in [0.05, 0.1) is 11.9 Å². The largest absolute Gasteiger partial charge is 0.345 e. The number of benzene rings is 1. The van der Waals surface area contributed by atoms with Crippen molar-refractivity contribution in [3.05, 3.63) is 64.4 Å². The van der Waals surface area contributed by atoms with E-state index in [-0.39, 0.29) is 11.8 Å². The van der Waals surface area contributed by atoms with Crippen LogP contribution in [0.5, 0.6) is 0 Å². The van der Waals surface area contributed by atoms with Crippen LogP contribution in [-0.2, 0) is 4.79 Å². The molecule has 0 unspecified atom stereocenters. The molecule has 1 aromatic heterocycles. The minimum Gasteiger partial charge on any atom is -0.345 e. The van der Waals surface area contributed by atoms with Crippen LogP contribution in [0.2, 0.25) is 0 Å². The number of pyridine rings is 1. The van der Waals surface area contributed by atoms with Crippen LogP contribution in [0.4, 0.5) is 5.69 Å². The lowest BCUT2D eigenvalue weighted by atomic mass is 10.1. The van der Waals surface area contributed by atoms with Crippen molar-refractivity contribution in [1.29, 1.82) is 0 Å². The summed E-state index contributed by atoms with van der Waals surface area (Å²) in [5.41, 5.74) is 2.07. The van der Waals surface area contributed by atoms with E-state index in [1.54, 1.807) is 62.8 Å². The van der Waals surface area contributed by atoms with Gasteiger partial charge in [0.1, 0.15) is 4.60 Å². The molecule has 0 aliphatic heterocycles. The van der Waals surface area contributed by atoms with Crippen molar-refractivity contribution in [2.75, 3.05) is 19.4 Å². The van der Waals surface area contributed by atoms with Crippen molar-refractivity contribution in [3.8, 4) is 0 Å². The van der Waals surface area contributed by atoms with Gasteiger partial charge in [-0.3, -0.25) is 9.59 Å². The summed E-state index contributed by atoms with van der Waals surface area (Å²) in [6.07, 6.45) is 4.69. The van der Waals surface area contributed by atoms with Gasteiger partial charge in [0, 0.05) is 25.7 Å². The summed E-state index contributed by atoms with van der Waals surface area (Å²) in [4.78, 5) is 29.2. The molecule has 1 N–H and O–H groups in total. The van der Waals surface area contributed by atoms with E-state index < -0.39 is 0 Å². The third kappa shape index (κ3) is 5.03. The van der Waals surface area contributed by atoms with Gasteiger partial charge in [-0.1, -0.05) is 12.1 Å². The maximum atomic E-state index is 11.8. The Kier molecular flexibility index (Phi) is 5.65. The van der Waals surface area contributed by atoms with Crippen LogP contribution in [0.1, 0.15) is 15.9 Å². The molecule has 0 bridgehead atoms. The lowest BCUT2D eigenvalue weighted by Crippen LogP contribution is -2.21. The predicted molar refractivity (Wildman–Crippen MR) is 94.1 cm³/mol. The normalized spacial score (nSPS) is 10.6. The number of nitrogens with one attached hydrogen (secondary N) is 1. The first-order valence-electron chi connectivity index (χ1n) is 6.88. The third-order valence-corrected chi connectivity index (χ3v) is 3.45. The van der Waals surface area contributed by atoms with Gasteiger partial charge in [-0.15, -0.1) is 0 Å². The first-order valence-corrected chi connectivity index (χ1v) is 7.67. The molecule has 2 amide bonds. The second-order valence-electron chi connectivity index (χ2n) is 5.01. The Bertz CT molecular complexity index is 723. The minimum absolute atomic E-state index is 0.0546. The average Bonchev–Trinajstić information content (AvgIpc) is 2.55. The van der Waals surface area contributed by atoms with Crippen LogP contribution in [-0.4, -0.2) is 35.8 Å². The number of carbonyl (C=O) groups is 2. The first kappa shape index (κ1) is 16.9. The molecule has 0 aliphatic rings. The molecule has 6 heteroatoms. The Morgan fingerprint density at radius 2 is 1.83 bits per heavy atom. The van der Waals surface area contributed by atoms with Gasteiger partial charge in [0.15, 0.2) is 0 Å². The highest BCUT2D eigenvalue weighted by molar-refractivity contribution is 9.10.